The number of fused-ring (bicyclic) bond motifs is 1. The van der Waals surface area contributed by atoms with Gasteiger partial charge in [-0.1, -0.05) is 0 Å². The maximum Gasteiger partial charge on any atom is 0.213 e. The molecule has 29 heavy (non-hydrogen) atoms. The molecule has 5 unspecified atom stereocenters. The lowest BCUT2D eigenvalue weighted by Crippen LogP contribution is -2.57. The number of hydrogen-bond donors (Lipinski definition) is 3. The summed E-state index contributed by atoms with van der Waals surface area (Å²) in [5.74, 6) is 1.82. The molecule has 4 heterocycles. The Morgan fingerprint density at radius 1 is 1.03 bits per heavy atom. The Hall–Kier alpha value is -0.330. The molecule has 1 saturated carbocycles. The third kappa shape index (κ3) is 3.98. The normalized spacial score (nSPS) is 40.8. The largest absolute Gasteiger partial charge is 0.378 e. The first kappa shape index (κ1) is 20.6. The van der Waals surface area contributed by atoms with Gasteiger partial charge < -0.3 is 4.74 Å². The van der Waals surface area contributed by atoms with E-state index in [1.165, 1.54) is 12.8 Å². The van der Waals surface area contributed by atoms with Crippen LogP contribution in [0.1, 0.15) is 39.0 Å². The van der Waals surface area contributed by atoms with E-state index >= 15 is 0 Å². The minimum absolute atomic E-state index is 0.0402. The van der Waals surface area contributed by atoms with Gasteiger partial charge >= 0.3 is 0 Å². The van der Waals surface area contributed by atoms with Crippen LogP contribution in [0.15, 0.2) is 0 Å². The molecule has 0 aromatic carbocycles. The molecule has 5 aliphatic rings. The van der Waals surface area contributed by atoms with Crippen molar-refractivity contribution in [1.29, 1.82) is 0 Å². The summed E-state index contributed by atoms with van der Waals surface area (Å²) in [6, 6.07) is 1.10. The molecule has 0 spiro atoms. The number of nitrogens with zero attached hydrogens (tertiary/aromatic N) is 2. The molecule has 0 bridgehead atoms. The van der Waals surface area contributed by atoms with Crippen LogP contribution in [-0.4, -0.2) is 80.8 Å². The zero-order chi connectivity index (χ0) is 20.0. The smallest absolute Gasteiger partial charge is 0.213 e. The van der Waals surface area contributed by atoms with Gasteiger partial charge in [0.1, 0.15) is 6.23 Å². The monoisotopic (exact) mass is 429 g/mol. The van der Waals surface area contributed by atoms with E-state index in [4.69, 9.17) is 9.57 Å². The molecule has 10 heteroatoms. The highest BCUT2D eigenvalue weighted by molar-refractivity contribution is 7.89. The van der Waals surface area contributed by atoms with Gasteiger partial charge in [0.05, 0.1) is 31.2 Å². The maximum absolute atomic E-state index is 12.1. The SMILES string of the molecule is CCS(=O)(=O)N1CCC(C2NOC(C3CCC4CNN(C5COC5)C4C3)N2)CC1. The summed E-state index contributed by atoms with van der Waals surface area (Å²) < 4.78 is 31.2. The minimum atomic E-state index is -3.07. The third-order valence-electron chi connectivity index (χ3n) is 7.73. The van der Waals surface area contributed by atoms with Gasteiger partial charge in [-0.15, -0.1) is 0 Å². The van der Waals surface area contributed by atoms with Crippen LogP contribution >= 0.6 is 0 Å². The highest BCUT2D eigenvalue weighted by Gasteiger charge is 2.47. The fourth-order valence-corrected chi connectivity index (χ4v) is 6.88. The lowest BCUT2D eigenvalue weighted by Gasteiger charge is -2.42. The van der Waals surface area contributed by atoms with E-state index in [0.717, 1.165) is 44.9 Å². The summed E-state index contributed by atoms with van der Waals surface area (Å²) in [5, 5.41) is 6.15. The van der Waals surface area contributed by atoms with Gasteiger partial charge in [-0.25, -0.2) is 17.7 Å². The van der Waals surface area contributed by atoms with E-state index in [-0.39, 0.29) is 18.1 Å². The summed E-state index contributed by atoms with van der Waals surface area (Å²) in [5.41, 5.74) is 6.84. The Balaban J connectivity index is 1.14. The highest BCUT2D eigenvalue weighted by atomic mass is 32.2. The number of hydroxylamine groups is 1. The molecule has 4 aliphatic heterocycles. The highest BCUT2D eigenvalue weighted by Crippen LogP contribution is 2.39. The van der Waals surface area contributed by atoms with Crippen LogP contribution in [0.3, 0.4) is 0 Å². The summed E-state index contributed by atoms with van der Waals surface area (Å²) in [6.07, 6.45) is 5.47. The van der Waals surface area contributed by atoms with E-state index in [1.807, 2.05) is 0 Å². The second-order valence-corrected chi connectivity index (χ2v) is 11.6. The zero-order valence-electron chi connectivity index (χ0n) is 17.3. The fourth-order valence-electron chi connectivity index (χ4n) is 5.74. The van der Waals surface area contributed by atoms with Crippen LogP contribution in [0.5, 0.6) is 0 Å². The van der Waals surface area contributed by atoms with Crippen molar-refractivity contribution in [2.24, 2.45) is 17.8 Å². The van der Waals surface area contributed by atoms with Gasteiger partial charge in [-0.05, 0) is 50.9 Å². The maximum atomic E-state index is 12.1. The first-order valence-corrected chi connectivity index (χ1v) is 12.9. The van der Waals surface area contributed by atoms with Crippen molar-refractivity contribution in [3.8, 4) is 0 Å². The molecule has 3 N–H and O–H groups in total. The molecule has 5 fully saturated rings. The van der Waals surface area contributed by atoms with Crippen LogP contribution in [-0.2, 0) is 19.6 Å². The van der Waals surface area contributed by atoms with Crippen molar-refractivity contribution in [3.05, 3.63) is 0 Å². The average Bonchev–Trinajstić information content (AvgIpc) is 3.34. The molecule has 0 aromatic heterocycles. The molecule has 0 radical (unpaired) electrons. The van der Waals surface area contributed by atoms with Crippen molar-refractivity contribution in [2.75, 3.05) is 38.6 Å². The van der Waals surface area contributed by atoms with E-state index in [0.29, 0.717) is 37.0 Å². The Bertz CT molecular complexity index is 682. The molecule has 1 aliphatic carbocycles. The van der Waals surface area contributed by atoms with Gasteiger partial charge in [-0.3, -0.25) is 15.6 Å². The van der Waals surface area contributed by atoms with E-state index < -0.39 is 10.0 Å². The summed E-state index contributed by atoms with van der Waals surface area (Å²) >= 11 is 0. The molecule has 9 nitrogen and oxygen atoms in total. The lowest BCUT2D eigenvalue weighted by atomic mass is 9.77. The summed E-state index contributed by atoms with van der Waals surface area (Å²) in [7, 11) is -3.07. The lowest BCUT2D eigenvalue weighted by molar-refractivity contribution is -0.100. The Morgan fingerprint density at radius 2 is 1.79 bits per heavy atom. The zero-order valence-corrected chi connectivity index (χ0v) is 18.1. The van der Waals surface area contributed by atoms with Crippen LogP contribution in [0, 0.1) is 17.8 Å². The fraction of sp³-hybridized carbons (Fsp3) is 1.00. The topological polar surface area (TPSA) is 95.2 Å². The Morgan fingerprint density at radius 3 is 2.48 bits per heavy atom. The predicted octanol–water partition coefficient (Wildman–Crippen LogP) is -0.171. The third-order valence-corrected chi connectivity index (χ3v) is 9.61. The van der Waals surface area contributed by atoms with Gasteiger partial charge in [0.2, 0.25) is 10.0 Å². The van der Waals surface area contributed by atoms with E-state index in [9.17, 15) is 8.42 Å². The molecule has 5 rings (SSSR count). The van der Waals surface area contributed by atoms with Crippen LogP contribution < -0.4 is 16.2 Å². The van der Waals surface area contributed by atoms with Crippen LogP contribution in [0.25, 0.3) is 0 Å². The molecule has 0 aromatic rings. The number of ether oxygens (including phenoxy) is 1. The van der Waals surface area contributed by atoms with Crippen LogP contribution in [0.4, 0.5) is 0 Å². The second-order valence-electron chi connectivity index (χ2n) is 9.30. The molecule has 4 saturated heterocycles. The Labute approximate surface area is 173 Å². The number of rotatable bonds is 5. The van der Waals surface area contributed by atoms with Gasteiger partial charge in [0.15, 0.2) is 0 Å². The van der Waals surface area contributed by atoms with Crippen molar-refractivity contribution >= 4 is 10.0 Å². The van der Waals surface area contributed by atoms with Crippen molar-refractivity contribution in [2.45, 2.75) is 63.5 Å². The van der Waals surface area contributed by atoms with Crippen molar-refractivity contribution in [3.63, 3.8) is 0 Å². The van der Waals surface area contributed by atoms with Crippen molar-refractivity contribution in [1.82, 2.24) is 25.5 Å². The standard InChI is InChI=1S/C19H35N5O4S/c1-2-29(25,26)23-7-5-13(6-8-23)18-21-19(28-22-18)14-3-4-15-10-20-24(17(15)9-14)16-11-27-12-16/h13-22H,2-12H2,1H3. The second kappa shape index (κ2) is 8.31. The number of sulfonamides is 1. The van der Waals surface area contributed by atoms with Crippen molar-refractivity contribution < 1.29 is 18.0 Å². The minimum Gasteiger partial charge on any atom is -0.378 e. The first-order valence-electron chi connectivity index (χ1n) is 11.3. The van der Waals surface area contributed by atoms with E-state index in [2.05, 4.69) is 21.2 Å². The van der Waals surface area contributed by atoms with Crippen LogP contribution in [0.2, 0.25) is 0 Å². The summed E-state index contributed by atoms with van der Waals surface area (Å²) in [6.45, 7) is 5.72. The van der Waals surface area contributed by atoms with E-state index in [1.54, 1.807) is 11.2 Å². The average molecular weight is 430 g/mol. The first-order chi connectivity index (χ1) is 14.0. The number of hydrogen-bond acceptors (Lipinski definition) is 8. The number of piperidine rings is 1. The number of hydrazine groups is 1. The van der Waals surface area contributed by atoms with Gasteiger partial charge in [0.25, 0.3) is 0 Å². The molecular formula is C19H35N5O4S. The number of nitrogens with one attached hydrogen (secondary N) is 3. The quantitative estimate of drug-likeness (QED) is 0.555. The van der Waals surface area contributed by atoms with Gasteiger partial charge in [-0.2, -0.15) is 5.48 Å². The van der Waals surface area contributed by atoms with Gasteiger partial charge in [0, 0.05) is 31.6 Å². The molecule has 0 amide bonds. The summed E-state index contributed by atoms with van der Waals surface area (Å²) in [4.78, 5) is 6.00. The molecule has 5 atom stereocenters. The molecule has 166 valence electrons. The Kier molecular flexibility index (Phi) is 5.89. The molecular weight excluding hydrogens is 394 g/mol. The predicted molar refractivity (Wildman–Crippen MR) is 108 cm³/mol.